The summed E-state index contributed by atoms with van der Waals surface area (Å²) in [7, 11) is 0. The minimum atomic E-state index is -0.617. The fraction of sp³-hybridized carbons (Fsp3) is 0.235. The number of hydrogen-bond donors (Lipinski definition) is 1. The van der Waals surface area contributed by atoms with Gasteiger partial charge in [-0.15, -0.1) is 0 Å². The highest BCUT2D eigenvalue weighted by Gasteiger charge is 2.15. The van der Waals surface area contributed by atoms with E-state index < -0.39 is 11.7 Å². The molecule has 1 atom stereocenters. The molecule has 1 N–H and O–H groups in total. The summed E-state index contributed by atoms with van der Waals surface area (Å²) in [5.74, 6) is -1.07. The fourth-order valence-electron chi connectivity index (χ4n) is 2.07. The van der Waals surface area contributed by atoms with Crippen LogP contribution in [0, 0.1) is 5.82 Å². The first-order chi connectivity index (χ1) is 10.0. The first-order valence-corrected chi connectivity index (χ1v) is 7.23. The van der Waals surface area contributed by atoms with Crippen LogP contribution in [0.1, 0.15) is 41.4 Å². The van der Waals surface area contributed by atoms with E-state index in [1.807, 2.05) is 31.2 Å². The third-order valence-electron chi connectivity index (χ3n) is 3.41. The van der Waals surface area contributed by atoms with Crippen molar-refractivity contribution >= 4 is 17.5 Å². The molecule has 0 radical (unpaired) electrons. The molecule has 0 bridgehead atoms. The molecule has 0 saturated carbocycles. The van der Waals surface area contributed by atoms with Gasteiger partial charge in [0.15, 0.2) is 0 Å². The molecule has 0 heterocycles. The summed E-state index contributed by atoms with van der Waals surface area (Å²) < 4.78 is 13.7. The van der Waals surface area contributed by atoms with Gasteiger partial charge in [0.1, 0.15) is 5.82 Å². The average Bonchev–Trinajstić information content (AvgIpc) is 2.47. The van der Waals surface area contributed by atoms with Gasteiger partial charge in [-0.2, -0.15) is 0 Å². The van der Waals surface area contributed by atoms with Crippen molar-refractivity contribution in [2.45, 2.75) is 26.3 Å². The first-order valence-electron chi connectivity index (χ1n) is 6.86. The predicted molar refractivity (Wildman–Crippen MR) is 83.1 cm³/mol. The van der Waals surface area contributed by atoms with E-state index in [2.05, 4.69) is 12.2 Å². The number of carbonyl (C=O) groups is 1. The Balaban J connectivity index is 2.10. The molecule has 0 spiro atoms. The SMILES string of the molecule is CCc1ccc([C@@H](C)NC(=O)c2ccc(Cl)cc2F)cc1. The number of rotatable bonds is 4. The Bertz CT molecular complexity index is 640. The molecule has 21 heavy (non-hydrogen) atoms. The summed E-state index contributed by atoms with van der Waals surface area (Å²) in [5, 5.41) is 3.06. The normalized spacial score (nSPS) is 12.0. The molecule has 4 heteroatoms. The Kier molecular flexibility index (Phi) is 4.97. The van der Waals surface area contributed by atoms with E-state index in [1.165, 1.54) is 17.7 Å². The van der Waals surface area contributed by atoms with E-state index in [1.54, 1.807) is 0 Å². The minimum absolute atomic E-state index is 0.00331. The summed E-state index contributed by atoms with van der Waals surface area (Å²) in [6.07, 6.45) is 0.969. The lowest BCUT2D eigenvalue weighted by Gasteiger charge is -2.15. The van der Waals surface area contributed by atoms with Gasteiger partial charge in [-0.1, -0.05) is 42.8 Å². The van der Waals surface area contributed by atoms with Crippen LogP contribution in [-0.4, -0.2) is 5.91 Å². The molecule has 0 fully saturated rings. The quantitative estimate of drug-likeness (QED) is 0.883. The highest BCUT2D eigenvalue weighted by molar-refractivity contribution is 6.30. The number of amides is 1. The summed E-state index contributed by atoms with van der Waals surface area (Å²) >= 11 is 5.68. The van der Waals surface area contributed by atoms with Gasteiger partial charge in [0.25, 0.3) is 5.91 Å². The van der Waals surface area contributed by atoms with Crippen LogP contribution < -0.4 is 5.32 Å². The molecule has 110 valence electrons. The van der Waals surface area contributed by atoms with Crippen molar-refractivity contribution in [1.82, 2.24) is 5.32 Å². The molecule has 2 aromatic rings. The lowest BCUT2D eigenvalue weighted by Crippen LogP contribution is -2.27. The zero-order chi connectivity index (χ0) is 15.4. The molecular weight excluding hydrogens is 289 g/mol. The van der Waals surface area contributed by atoms with Gasteiger partial charge in [-0.25, -0.2) is 4.39 Å². The molecule has 0 unspecified atom stereocenters. The van der Waals surface area contributed by atoms with Gasteiger partial charge in [0.2, 0.25) is 0 Å². The van der Waals surface area contributed by atoms with Crippen LogP contribution in [0.25, 0.3) is 0 Å². The van der Waals surface area contributed by atoms with Crippen LogP contribution in [0.4, 0.5) is 4.39 Å². The molecular formula is C17H17ClFNO. The van der Waals surface area contributed by atoms with Crippen LogP contribution in [-0.2, 0) is 6.42 Å². The maximum atomic E-state index is 13.7. The van der Waals surface area contributed by atoms with Gasteiger partial charge in [-0.3, -0.25) is 4.79 Å². The predicted octanol–water partition coefficient (Wildman–Crippen LogP) is 4.53. The number of nitrogens with one attached hydrogen (secondary N) is 1. The smallest absolute Gasteiger partial charge is 0.254 e. The topological polar surface area (TPSA) is 29.1 Å². The van der Waals surface area contributed by atoms with E-state index in [-0.39, 0.29) is 16.6 Å². The highest BCUT2D eigenvalue weighted by Crippen LogP contribution is 2.17. The lowest BCUT2D eigenvalue weighted by atomic mass is 10.0. The van der Waals surface area contributed by atoms with Crippen LogP contribution in [0.5, 0.6) is 0 Å². The zero-order valence-corrected chi connectivity index (χ0v) is 12.7. The van der Waals surface area contributed by atoms with E-state index in [0.717, 1.165) is 18.1 Å². The number of benzene rings is 2. The molecule has 2 rings (SSSR count). The van der Waals surface area contributed by atoms with E-state index in [0.29, 0.717) is 0 Å². The van der Waals surface area contributed by atoms with Crippen molar-refractivity contribution in [3.8, 4) is 0 Å². The summed E-state index contributed by atoms with van der Waals surface area (Å²) in [6, 6.07) is 11.8. The Labute approximate surface area is 128 Å². The Hall–Kier alpha value is -1.87. The summed E-state index contributed by atoms with van der Waals surface area (Å²) in [4.78, 5) is 12.1. The van der Waals surface area contributed by atoms with Crippen molar-refractivity contribution in [1.29, 1.82) is 0 Å². The van der Waals surface area contributed by atoms with Gasteiger partial charge < -0.3 is 5.32 Å². The van der Waals surface area contributed by atoms with Crippen LogP contribution in [0.15, 0.2) is 42.5 Å². The van der Waals surface area contributed by atoms with Crippen LogP contribution in [0.3, 0.4) is 0 Å². The molecule has 0 aliphatic carbocycles. The second-order valence-electron chi connectivity index (χ2n) is 4.91. The van der Waals surface area contributed by atoms with Crippen molar-refractivity contribution < 1.29 is 9.18 Å². The summed E-state index contributed by atoms with van der Waals surface area (Å²) in [6.45, 7) is 3.95. The molecule has 0 saturated heterocycles. The Morgan fingerprint density at radius 1 is 1.24 bits per heavy atom. The van der Waals surface area contributed by atoms with Gasteiger partial charge >= 0.3 is 0 Å². The highest BCUT2D eigenvalue weighted by atomic mass is 35.5. The maximum absolute atomic E-state index is 13.7. The van der Waals surface area contributed by atoms with E-state index in [9.17, 15) is 9.18 Å². The molecule has 1 amide bonds. The van der Waals surface area contributed by atoms with Crippen LogP contribution in [0.2, 0.25) is 5.02 Å². The fourth-order valence-corrected chi connectivity index (χ4v) is 2.23. The van der Waals surface area contributed by atoms with Crippen molar-refractivity contribution in [3.05, 3.63) is 70.0 Å². The Morgan fingerprint density at radius 3 is 2.48 bits per heavy atom. The third kappa shape index (κ3) is 3.82. The number of halogens is 2. The van der Waals surface area contributed by atoms with E-state index in [4.69, 9.17) is 11.6 Å². The first kappa shape index (κ1) is 15.5. The van der Waals surface area contributed by atoms with E-state index >= 15 is 0 Å². The van der Waals surface area contributed by atoms with Gasteiger partial charge in [0, 0.05) is 5.02 Å². The summed E-state index contributed by atoms with van der Waals surface area (Å²) in [5.41, 5.74) is 2.22. The second kappa shape index (κ2) is 6.72. The molecule has 0 aliphatic heterocycles. The number of carbonyl (C=O) groups excluding carboxylic acids is 1. The minimum Gasteiger partial charge on any atom is -0.345 e. The van der Waals surface area contributed by atoms with Crippen molar-refractivity contribution in [2.75, 3.05) is 0 Å². The standard InChI is InChI=1S/C17H17ClFNO/c1-3-12-4-6-13(7-5-12)11(2)20-17(21)15-9-8-14(18)10-16(15)19/h4-11H,3H2,1-2H3,(H,20,21)/t11-/m1/s1. The largest absolute Gasteiger partial charge is 0.345 e. The number of aryl methyl sites for hydroxylation is 1. The Morgan fingerprint density at radius 2 is 1.90 bits per heavy atom. The third-order valence-corrected chi connectivity index (χ3v) is 3.65. The lowest BCUT2D eigenvalue weighted by molar-refractivity contribution is 0.0936. The molecule has 0 aromatic heterocycles. The van der Waals surface area contributed by atoms with Crippen molar-refractivity contribution in [3.63, 3.8) is 0 Å². The van der Waals surface area contributed by atoms with Crippen molar-refractivity contribution in [2.24, 2.45) is 0 Å². The van der Waals surface area contributed by atoms with Gasteiger partial charge in [-0.05, 0) is 42.7 Å². The van der Waals surface area contributed by atoms with Gasteiger partial charge in [0.05, 0.1) is 11.6 Å². The molecule has 0 aliphatic rings. The zero-order valence-electron chi connectivity index (χ0n) is 12.0. The number of hydrogen-bond acceptors (Lipinski definition) is 1. The molecule has 2 nitrogen and oxygen atoms in total. The van der Waals surface area contributed by atoms with Crippen LogP contribution >= 0.6 is 11.6 Å². The average molecular weight is 306 g/mol. The molecule has 2 aromatic carbocycles. The maximum Gasteiger partial charge on any atom is 0.254 e. The second-order valence-corrected chi connectivity index (χ2v) is 5.35. The monoisotopic (exact) mass is 305 g/mol.